The van der Waals surface area contributed by atoms with Crippen LogP contribution in [0.5, 0.6) is 0 Å². The van der Waals surface area contributed by atoms with Gasteiger partial charge < -0.3 is 10.2 Å². The molecule has 16 heavy (non-hydrogen) atoms. The Balaban J connectivity index is 1.77. The number of halogens is 1. The van der Waals surface area contributed by atoms with E-state index in [-0.39, 0.29) is 5.91 Å². The maximum absolute atomic E-state index is 11.2. The van der Waals surface area contributed by atoms with E-state index in [1.165, 1.54) is 4.88 Å². The van der Waals surface area contributed by atoms with Crippen LogP contribution in [0, 0.1) is 0 Å². The molecule has 1 fully saturated rings. The summed E-state index contributed by atoms with van der Waals surface area (Å²) >= 11 is 5.19. The molecule has 3 nitrogen and oxygen atoms in total. The van der Waals surface area contributed by atoms with Crippen LogP contribution >= 0.6 is 27.3 Å². The number of carbonyl (C=O) groups is 1. The van der Waals surface area contributed by atoms with E-state index in [9.17, 15) is 4.79 Å². The summed E-state index contributed by atoms with van der Waals surface area (Å²) in [5.74, 6) is 0.183. The van der Waals surface area contributed by atoms with Gasteiger partial charge in [0, 0.05) is 47.3 Å². The van der Waals surface area contributed by atoms with E-state index < -0.39 is 0 Å². The predicted molar refractivity (Wildman–Crippen MR) is 69.5 cm³/mol. The average molecular weight is 303 g/mol. The molecular formula is C11H15BrN2OS. The number of hydrogen-bond acceptors (Lipinski definition) is 3. The molecule has 1 unspecified atom stereocenters. The lowest BCUT2D eigenvalue weighted by atomic mass is 10.2. The molecule has 0 bridgehead atoms. The SMILES string of the molecule is CC(=O)N1CCC(NCc2cc(Br)cs2)C1. The van der Waals surface area contributed by atoms with Crippen LogP contribution in [0.25, 0.3) is 0 Å². The lowest BCUT2D eigenvalue weighted by Crippen LogP contribution is -2.33. The topological polar surface area (TPSA) is 32.3 Å². The third-order valence-corrected chi connectivity index (χ3v) is 4.52. The Labute approximate surface area is 108 Å². The van der Waals surface area contributed by atoms with Gasteiger partial charge in [-0.05, 0) is 28.4 Å². The summed E-state index contributed by atoms with van der Waals surface area (Å²) in [5.41, 5.74) is 0. The van der Waals surface area contributed by atoms with Gasteiger partial charge in [0.2, 0.25) is 5.91 Å². The molecule has 1 aliphatic heterocycles. The van der Waals surface area contributed by atoms with Crippen molar-refractivity contribution in [1.82, 2.24) is 10.2 Å². The summed E-state index contributed by atoms with van der Waals surface area (Å²) in [5, 5.41) is 5.58. The maximum Gasteiger partial charge on any atom is 0.219 e. The van der Waals surface area contributed by atoms with Crippen molar-refractivity contribution >= 4 is 33.2 Å². The van der Waals surface area contributed by atoms with Gasteiger partial charge in [0.05, 0.1) is 0 Å². The van der Waals surface area contributed by atoms with Crippen LogP contribution < -0.4 is 5.32 Å². The van der Waals surface area contributed by atoms with Crippen LogP contribution in [-0.2, 0) is 11.3 Å². The number of thiophene rings is 1. The van der Waals surface area contributed by atoms with Gasteiger partial charge in [0.1, 0.15) is 0 Å². The van der Waals surface area contributed by atoms with Gasteiger partial charge in [-0.3, -0.25) is 4.79 Å². The van der Waals surface area contributed by atoms with Crippen LogP contribution in [0.4, 0.5) is 0 Å². The average Bonchev–Trinajstić information content (AvgIpc) is 2.83. The normalized spacial score (nSPS) is 20.4. The fraction of sp³-hybridized carbons (Fsp3) is 0.545. The van der Waals surface area contributed by atoms with Gasteiger partial charge in [-0.15, -0.1) is 11.3 Å². The molecule has 0 spiro atoms. The van der Waals surface area contributed by atoms with Gasteiger partial charge in [-0.2, -0.15) is 0 Å². The summed E-state index contributed by atoms with van der Waals surface area (Å²) in [7, 11) is 0. The Morgan fingerprint density at radius 1 is 1.75 bits per heavy atom. The highest BCUT2D eigenvalue weighted by atomic mass is 79.9. The summed E-state index contributed by atoms with van der Waals surface area (Å²) in [6, 6.07) is 2.58. The van der Waals surface area contributed by atoms with E-state index in [4.69, 9.17) is 0 Å². The number of carbonyl (C=O) groups excluding carboxylic acids is 1. The molecule has 0 radical (unpaired) electrons. The molecule has 1 saturated heterocycles. The summed E-state index contributed by atoms with van der Waals surface area (Å²) in [4.78, 5) is 14.4. The van der Waals surface area contributed by atoms with E-state index in [2.05, 4.69) is 32.7 Å². The predicted octanol–water partition coefficient (Wildman–Crippen LogP) is 2.22. The van der Waals surface area contributed by atoms with Gasteiger partial charge >= 0.3 is 0 Å². The van der Waals surface area contributed by atoms with Crippen molar-refractivity contribution in [2.24, 2.45) is 0 Å². The Morgan fingerprint density at radius 2 is 2.56 bits per heavy atom. The quantitative estimate of drug-likeness (QED) is 0.928. The Bertz CT molecular complexity index is 380. The second-order valence-corrected chi connectivity index (χ2v) is 5.97. The molecule has 88 valence electrons. The van der Waals surface area contributed by atoms with Crippen molar-refractivity contribution in [3.63, 3.8) is 0 Å². The Hall–Kier alpha value is -0.390. The van der Waals surface area contributed by atoms with Crippen LogP contribution in [0.1, 0.15) is 18.2 Å². The highest BCUT2D eigenvalue weighted by molar-refractivity contribution is 9.10. The third kappa shape index (κ3) is 3.06. The molecule has 0 aromatic carbocycles. The van der Waals surface area contributed by atoms with E-state index in [0.29, 0.717) is 6.04 Å². The first kappa shape index (κ1) is 12.1. The van der Waals surface area contributed by atoms with Gasteiger partial charge in [-0.1, -0.05) is 0 Å². The zero-order chi connectivity index (χ0) is 11.5. The number of likely N-dealkylation sites (tertiary alicyclic amines) is 1. The van der Waals surface area contributed by atoms with E-state index >= 15 is 0 Å². The number of hydrogen-bond donors (Lipinski definition) is 1. The molecule has 1 aliphatic rings. The number of amides is 1. The highest BCUT2D eigenvalue weighted by Gasteiger charge is 2.23. The largest absolute Gasteiger partial charge is 0.341 e. The van der Waals surface area contributed by atoms with Gasteiger partial charge in [0.15, 0.2) is 0 Å². The molecule has 1 aromatic rings. The van der Waals surface area contributed by atoms with Crippen LogP contribution in [-0.4, -0.2) is 29.9 Å². The first-order chi connectivity index (χ1) is 7.65. The van der Waals surface area contributed by atoms with E-state index in [0.717, 1.165) is 30.5 Å². The van der Waals surface area contributed by atoms with Crippen LogP contribution in [0.3, 0.4) is 0 Å². The first-order valence-electron chi connectivity index (χ1n) is 5.37. The van der Waals surface area contributed by atoms with Crippen molar-refractivity contribution in [3.8, 4) is 0 Å². The minimum Gasteiger partial charge on any atom is -0.341 e. The van der Waals surface area contributed by atoms with Crippen molar-refractivity contribution in [1.29, 1.82) is 0 Å². The smallest absolute Gasteiger partial charge is 0.219 e. The zero-order valence-electron chi connectivity index (χ0n) is 9.20. The fourth-order valence-corrected chi connectivity index (χ4v) is 3.31. The highest BCUT2D eigenvalue weighted by Crippen LogP contribution is 2.20. The summed E-state index contributed by atoms with van der Waals surface area (Å²) in [6.07, 6.45) is 1.06. The first-order valence-corrected chi connectivity index (χ1v) is 7.04. The third-order valence-electron chi connectivity index (χ3n) is 2.82. The maximum atomic E-state index is 11.2. The molecule has 2 rings (SSSR count). The summed E-state index contributed by atoms with van der Waals surface area (Å²) in [6.45, 7) is 4.27. The minimum atomic E-state index is 0.183. The van der Waals surface area contributed by atoms with Crippen molar-refractivity contribution in [2.45, 2.75) is 25.9 Å². The molecular weight excluding hydrogens is 288 g/mol. The molecule has 2 heterocycles. The van der Waals surface area contributed by atoms with Crippen molar-refractivity contribution in [2.75, 3.05) is 13.1 Å². The molecule has 0 saturated carbocycles. The second kappa shape index (κ2) is 5.29. The van der Waals surface area contributed by atoms with E-state index in [1.54, 1.807) is 18.3 Å². The van der Waals surface area contributed by atoms with Gasteiger partial charge in [0.25, 0.3) is 0 Å². The Morgan fingerprint density at radius 3 is 3.12 bits per heavy atom. The molecule has 1 N–H and O–H groups in total. The van der Waals surface area contributed by atoms with Crippen LogP contribution in [0.2, 0.25) is 0 Å². The Kier molecular flexibility index (Phi) is 4.00. The van der Waals surface area contributed by atoms with E-state index in [1.807, 2.05) is 4.90 Å². The molecule has 0 aliphatic carbocycles. The molecule has 1 atom stereocenters. The van der Waals surface area contributed by atoms with Crippen LogP contribution in [0.15, 0.2) is 15.9 Å². The number of rotatable bonds is 3. The lowest BCUT2D eigenvalue weighted by Gasteiger charge is -2.14. The monoisotopic (exact) mass is 302 g/mol. The van der Waals surface area contributed by atoms with Crippen molar-refractivity contribution < 1.29 is 4.79 Å². The lowest BCUT2D eigenvalue weighted by molar-refractivity contribution is -0.127. The zero-order valence-corrected chi connectivity index (χ0v) is 11.6. The molecule has 1 aromatic heterocycles. The minimum absolute atomic E-state index is 0.183. The number of nitrogens with zero attached hydrogens (tertiary/aromatic N) is 1. The van der Waals surface area contributed by atoms with Gasteiger partial charge in [-0.25, -0.2) is 0 Å². The number of nitrogens with one attached hydrogen (secondary N) is 1. The molecule has 5 heteroatoms. The standard InChI is InChI=1S/C11H15BrN2OS/c1-8(15)14-3-2-10(6-14)13-5-11-4-9(12)7-16-11/h4,7,10,13H,2-3,5-6H2,1H3. The molecule has 1 amide bonds. The summed E-state index contributed by atoms with van der Waals surface area (Å²) < 4.78 is 1.14. The fourth-order valence-electron chi connectivity index (χ4n) is 1.90. The second-order valence-electron chi connectivity index (χ2n) is 4.06. The van der Waals surface area contributed by atoms with Crippen molar-refractivity contribution in [3.05, 3.63) is 20.8 Å².